The number of nitrogens with zero attached hydrogens (tertiary/aromatic N) is 12. The number of hydrogen-bond donors (Lipinski definition) is 2. The average molecular weight is 1100 g/mol. The Morgan fingerprint density at radius 1 is 0.644 bits per heavy atom. The third-order valence-corrected chi connectivity index (χ3v) is 16.7. The largest absolute Gasteiger partial charge is 0.476 e. The minimum Gasteiger partial charge on any atom is -0.476 e. The highest BCUT2D eigenvalue weighted by atomic mass is 35.5. The first kappa shape index (κ1) is 54.7. The van der Waals surface area contributed by atoms with Gasteiger partial charge in [-0.3, -0.25) is 14.6 Å². The molecule has 2 aromatic carbocycles. The molecule has 4 saturated heterocycles. The molecule has 3 N–H and O–H groups in total. The number of aromatic carboxylic acids is 1. The molecule has 4 aliphatic rings. The van der Waals surface area contributed by atoms with Gasteiger partial charge in [-0.05, 0) is 126 Å². The monoisotopic (exact) mass is 1100 g/mol. The molecular formula is C52H66Cl5N13O3. The third-order valence-electron chi connectivity index (χ3n) is 15.6. The normalized spacial score (nSPS) is 21.9. The maximum atomic E-state index is 12.2. The van der Waals surface area contributed by atoms with Crippen LogP contribution >= 0.6 is 58.8 Å². The number of amides is 1. The van der Waals surface area contributed by atoms with Crippen molar-refractivity contribution in [1.82, 2.24) is 49.3 Å². The average Bonchev–Trinajstić information content (AvgIpc) is 3.98. The van der Waals surface area contributed by atoms with Gasteiger partial charge in [-0.25, -0.2) is 34.1 Å². The summed E-state index contributed by atoms with van der Waals surface area (Å²) in [6.07, 6.45) is 15.8. The van der Waals surface area contributed by atoms with Crippen molar-refractivity contribution >= 4 is 105 Å². The lowest BCUT2D eigenvalue weighted by Crippen LogP contribution is -2.52. The van der Waals surface area contributed by atoms with E-state index in [0.717, 1.165) is 74.6 Å². The van der Waals surface area contributed by atoms with E-state index in [1.165, 1.54) is 64.7 Å². The summed E-state index contributed by atoms with van der Waals surface area (Å²) in [5, 5.41) is 20.8. The van der Waals surface area contributed by atoms with Crippen LogP contribution in [0.2, 0.25) is 20.1 Å². The van der Waals surface area contributed by atoms with Crippen LogP contribution in [0.3, 0.4) is 0 Å². The Morgan fingerprint density at radius 2 is 1.05 bits per heavy atom. The summed E-state index contributed by atoms with van der Waals surface area (Å²) in [6.45, 7) is 16.9. The van der Waals surface area contributed by atoms with E-state index in [0.29, 0.717) is 60.8 Å². The molecule has 8 heterocycles. The van der Waals surface area contributed by atoms with E-state index in [4.69, 9.17) is 62.1 Å². The molecule has 1 amide bonds. The van der Waals surface area contributed by atoms with E-state index >= 15 is 0 Å². The molecular weight excluding hydrogens is 1030 g/mol. The highest BCUT2D eigenvalue weighted by Gasteiger charge is 2.36. The predicted molar refractivity (Wildman–Crippen MR) is 294 cm³/mol. The molecule has 6 aromatic rings. The maximum Gasteiger partial charge on any atom is 0.358 e. The van der Waals surface area contributed by atoms with Crippen LogP contribution in [-0.2, 0) is 0 Å². The van der Waals surface area contributed by atoms with Gasteiger partial charge < -0.3 is 20.6 Å². The lowest BCUT2D eigenvalue weighted by atomic mass is 9.87. The van der Waals surface area contributed by atoms with E-state index in [1.54, 1.807) is 46.0 Å². The Labute approximate surface area is 453 Å². The summed E-state index contributed by atoms with van der Waals surface area (Å²) in [6, 6.07) is 11.2. The number of carbonyl (C=O) groups excluding carboxylic acids is 1. The van der Waals surface area contributed by atoms with Crippen molar-refractivity contribution in [3.63, 3.8) is 0 Å². The number of likely N-dealkylation sites (tertiary alicyclic amines) is 2. The van der Waals surface area contributed by atoms with Crippen molar-refractivity contribution in [3.8, 4) is 0 Å². The number of piperidine rings is 4. The minimum absolute atomic E-state index is 0. The smallest absolute Gasteiger partial charge is 0.358 e. The quantitative estimate of drug-likeness (QED) is 0.118. The second kappa shape index (κ2) is 24.0. The number of benzene rings is 2. The van der Waals surface area contributed by atoms with Gasteiger partial charge in [0.05, 0.1) is 24.5 Å². The fourth-order valence-electron chi connectivity index (χ4n) is 11.6. The molecule has 392 valence electrons. The van der Waals surface area contributed by atoms with Crippen LogP contribution in [0.1, 0.15) is 136 Å². The van der Waals surface area contributed by atoms with Crippen molar-refractivity contribution < 1.29 is 14.7 Å². The predicted octanol–water partition coefficient (Wildman–Crippen LogP) is 10.9. The molecule has 0 spiro atoms. The number of rotatable bonds is 12. The van der Waals surface area contributed by atoms with Gasteiger partial charge in [0.15, 0.2) is 22.7 Å². The van der Waals surface area contributed by atoms with Crippen LogP contribution in [0.15, 0.2) is 48.8 Å². The summed E-state index contributed by atoms with van der Waals surface area (Å²) in [5.74, 6) is 0.912. The fraction of sp³-hybridized carbons (Fsp3) is 0.538. The molecule has 10 rings (SSSR count). The van der Waals surface area contributed by atoms with Crippen molar-refractivity contribution in [2.45, 2.75) is 116 Å². The number of hydrogen-bond acceptors (Lipinski definition) is 12. The highest BCUT2D eigenvalue weighted by molar-refractivity contribution is 6.35. The van der Waals surface area contributed by atoms with Crippen LogP contribution in [0.4, 0.5) is 11.6 Å². The Morgan fingerprint density at radius 3 is 1.44 bits per heavy atom. The van der Waals surface area contributed by atoms with Gasteiger partial charge in [0.25, 0.3) is 5.91 Å². The first-order chi connectivity index (χ1) is 34.7. The number of primary amides is 1. The van der Waals surface area contributed by atoms with E-state index in [9.17, 15) is 14.7 Å². The van der Waals surface area contributed by atoms with Crippen molar-refractivity contribution in [2.24, 2.45) is 17.6 Å². The van der Waals surface area contributed by atoms with Crippen molar-refractivity contribution in [3.05, 3.63) is 91.4 Å². The molecule has 73 heavy (non-hydrogen) atoms. The zero-order valence-corrected chi connectivity index (χ0v) is 45.8. The lowest BCUT2D eigenvalue weighted by molar-refractivity contribution is 0.0690. The first-order valence-corrected chi connectivity index (χ1v) is 27.2. The van der Waals surface area contributed by atoms with E-state index < -0.39 is 11.9 Å². The Balaban J connectivity index is 0.000000192. The van der Waals surface area contributed by atoms with Crippen molar-refractivity contribution in [1.29, 1.82) is 0 Å². The fourth-order valence-corrected chi connectivity index (χ4v) is 12.8. The van der Waals surface area contributed by atoms with E-state index in [-0.39, 0.29) is 41.4 Å². The summed E-state index contributed by atoms with van der Waals surface area (Å²) < 4.78 is 3.31. The molecule has 21 heteroatoms. The van der Waals surface area contributed by atoms with Gasteiger partial charge in [-0.1, -0.05) is 98.1 Å². The van der Waals surface area contributed by atoms with Gasteiger partial charge in [0.2, 0.25) is 0 Å². The standard InChI is InChI=1S/C26H33Cl2N7O.C26H32Cl2N6O2.ClH/c1-3-17-15-34(12-9-21(17)33-10-5-4-6-11-33)22-14-30-24-23(25(29)36)32-35(26(24)31-22)16(2)19-8-7-18(27)13-20(19)28;1-3-17-15-33(12-9-21(17)32-10-5-4-6-11-32)22-14-29-23-24(26(35)36)31-34(25(23)30-22)16(2)19-8-7-18(27)13-20(19)28;/h7-8,13-14,16-17,21H,3-6,9-12,15H2,1-2H3,(H2,29,36);7-8,13-14,16-17,21H,3-6,9-12,15H2,1-2H3,(H,35,36);1H. The number of carboxylic acids is 1. The van der Waals surface area contributed by atoms with Crippen LogP contribution < -0.4 is 15.5 Å². The molecule has 0 radical (unpaired) electrons. The zero-order valence-electron chi connectivity index (χ0n) is 41.9. The van der Waals surface area contributed by atoms with E-state index in [2.05, 4.69) is 53.6 Å². The Bertz CT molecular complexity index is 2710. The van der Waals surface area contributed by atoms with Crippen LogP contribution in [0.5, 0.6) is 0 Å². The number of aromatic nitrogens is 8. The number of fused-ring (bicyclic) bond motifs is 2. The molecule has 6 atom stereocenters. The number of nitrogens with two attached hydrogens (primary N) is 1. The van der Waals surface area contributed by atoms with Crippen molar-refractivity contribution in [2.75, 3.05) is 62.2 Å². The summed E-state index contributed by atoms with van der Waals surface area (Å²) in [5.41, 5.74) is 8.88. The third kappa shape index (κ3) is 11.7. The maximum absolute atomic E-state index is 12.2. The topological polar surface area (TPSA) is 181 Å². The molecule has 4 aliphatic heterocycles. The molecule has 0 aliphatic carbocycles. The lowest BCUT2D eigenvalue weighted by Gasteiger charge is -2.45. The second-order valence-corrected chi connectivity index (χ2v) is 21.6. The molecule has 0 saturated carbocycles. The van der Waals surface area contributed by atoms with Crippen LogP contribution in [-0.4, -0.2) is 131 Å². The Hall–Kier alpha value is -4.55. The molecule has 4 fully saturated rings. The van der Waals surface area contributed by atoms with Gasteiger partial charge >= 0.3 is 5.97 Å². The SMILES string of the molecule is CCC1CN(c2cnc3c(C(=O)O)nn(C(C)c4ccc(Cl)cc4Cl)c3n2)CCC1N1CCCCC1.CCC1CN(c2cnc3c(C(N)=O)nn(C(C)c4ccc(Cl)cc4Cl)c3n2)CCC1N1CCCCC1.Cl. The van der Waals surface area contributed by atoms with Crippen LogP contribution in [0.25, 0.3) is 22.3 Å². The van der Waals surface area contributed by atoms with Gasteiger partial charge in [-0.2, -0.15) is 10.2 Å². The second-order valence-electron chi connectivity index (χ2n) is 19.9. The number of halogens is 5. The molecule has 4 aromatic heterocycles. The van der Waals surface area contributed by atoms with Crippen LogP contribution in [0, 0.1) is 11.8 Å². The Kier molecular flexibility index (Phi) is 18.0. The van der Waals surface area contributed by atoms with Gasteiger partial charge in [0.1, 0.15) is 22.7 Å². The highest BCUT2D eigenvalue weighted by Crippen LogP contribution is 2.36. The number of carboxylic acid groups (broad SMARTS) is 1. The molecule has 0 bridgehead atoms. The van der Waals surface area contributed by atoms with E-state index in [1.807, 2.05) is 26.0 Å². The number of anilines is 2. The van der Waals surface area contributed by atoms with Gasteiger partial charge in [0, 0.05) is 58.4 Å². The zero-order chi connectivity index (χ0) is 50.8. The number of carbonyl (C=O) groups is 2. The summed E-state index contributed by atoms with van der Waals surface area (Å²) in [7, 11) is 0. The molecule has 6 unspecified atom stereocenters. The molecule has 16 nitrogen and oxygen atoms in total. The van der Waals surface area contributed by atoms with Gasteiger partial charge in [-0.15, -0.1) is 12.4 Å². The first-order valence-electron chi connectivity index (χ1n) is 25.7. The summed E-state index contributed by atoms with van der Waals surface area (Å²) >= 11 is 25.1. The minimum atomic E-state index is -1.14. The summed E-state index contributed by atoms with van der Waals surface area (Å²) in [4.78, 5) is 53.2.